The average molecular weight is 405 g/mol. The molecule has 1 N–H and O–H groups in total. The Kier molecular flexibility index (Phi) is 5.63. The van der Waals surface area contributed by atoms with Gasteiger partial charge in [0, 0.05) is 11.9 Å². The lowest BCUT2D eigenvalue weighted by atomic mass is 9.83. The first kappa shape index (κ1) is 19.9. The van der Waals surface area contributed by atoms with Crippen LogP contribution in [0.4, 0.5) is 0 Å². The number of carbonyl (C=O) groups is 1. The normalized spacial score (nSPS) is 17.4. The summed E-state index contributed by atoms with van der Waals surface area (Å²) in [7, 11) is 1.69. The zero-order valence-corrected chi connectivity index (χ0v) is 17.7. The summed E-state index contributed by atoms with van der Waals surface area (Å²) in [6.07, 6.45) is 4.42. The van der Waals surface area contributed by atoms with Crippen LogP contribution in [0.5, 0.6) is 0 Å². The SMILES string of the molecule is Cc1sc2nc(SC(C)C(=O)NC3(C#N)CCCCC3)n(C)c(=O)c2c1C. The minimum atomic E-state index is -0.755. The van der Waals surface area contributed by atoms with E-state index in [1.54, 1.807) is 14.0 Å². The minimum absolute atomic E-state index is 0.0854. The molecule has 1 aliphatic rings. The Bertz CT molecular complexity index is 980. The molecule has 1 amide bonds. The molecule has 2 heterocycles. The van der Waals surface area contributed by atoms with E-state index < -0.39 is 10.8 Å². The van der Waals surface area contributed by atoms with Gasteiger partial charge >= 0.3 is 0 Å². The van der Waals surface area contributed by atoms with Gasteiger partial charge in [-0.25, -0.2) is 4.98 Å². The summed E-state index contributed by atoms with van der Waals surface area (Å²) in [5.74, 6) is -0.184. The highest BCUT2D eigenvalue weighted by molar-refractivity contribution is 8.00. The Morgan fingerprint density at radius 1 is 1.37 bits per heavy atom. The first-order valence-electron chi connectivity index (χ1n) is 9.14. The second-order valence-corrected chi connectivity index (χ2v) is 9.74. The van der Waals surface area contributed by atoms with Gasteiger partial charge < -0.3 is 5.32 Å². The number of fused-ring (bicyclic) bond motifs is 1. The molecule has 1 fully saturated rings. The molecule has 2 aromatic heterocycles. The first-order valence-corrected chi connectivity index (χ1v) is 10.8. The van der Waals surface area contributed by atoms with Gasteiger partial charge in [0.05, 0.1) is 16.7 Å². The molecule has 3 rings (SSSR count). The van der Waals surface area contributed by atoms with Crippen LogP contribution in [-0.2, 0) is 11.8 Å². The van der Waals surface area contributed by atoms with Gasteiger partial charge in [-0.1, -0.05) is 31.0 Å². The standard InChI is InChI=1S/C19H24N4O2S2/c1-11-12(2)26-16-14(11)17(25)23(4)18(21-16)27-13(3)15(24)22-19(10-20)8-6-5-7-9-19/h13H,5-9H2,1-4H3,(H,22,24). The monoisotopic (exact) mass is 404 g/mol. The summed E-state index contributed by atoms with van der Waals surface area (Å²) in [5.41, 5.74) is 0.131. The molecule has 144 valence electrons. The van der Waals surface area contributed by atoms with Crippen LogP contribution in [0, 0.1) is 25.2 Å². The lowest BCUT2D eigenvalue weighted by Crippen LogP contribution is -2.51. The Morgan fingerprint density at radius 3 is 2.67 bits per heavy atom. The molecule has 0 aliphatic heterocycles. The van der Waals surface area contributed by atoms with Crippen LogP contribution in [0.2, 0.25) is 0 Å². The highest BCUT2D eigenvalue weighted by Crippen LogP contribution is 2.31. The van der Waals surface area contributed by atoms with Gasteiger partial charge in [-0.3, -0.25) is 14.2 Å². The minimum Gasteiger partial charge on any atom is -0.337 e. The molecule has 1 unspecified atom stereocenters. The number of nitrogens with zero attached hydrogens (tertiary/aromatic N) is 3. The number of carbonyl (C=O) groups excluding carboxylic acids is 1. The summed E-state index contributed by atoms with van der Waals surface area (Å²) >= 11 is 2.76. The summed E-state index contributed by atoms with van der Waals surface area (Å²) in [5, 5.41) is 13.2. The van der Waals surface area contributed by atoms with Gasteiger partial charge in [-0.05, 0) is 39.2 Å². The zero-order valence-electron chi connectivity index (χ0n) is 16.1. The van der Waals surface area contributed by atoms with Crippen molar-refractivity contribution in [2.75, 3.05) is 0 Å². The quantitative estimate of drug-likeness (QED) is 0.623. The Hall–Kier alpha value is -1.85. The highest BCUT2D eigenvalue weighted by Gasteiger charge is 2.35. The van der Waals surface area contributed by atoms with E-state index in [4.69, 9.17) is 0 Å². The second-order valence-electron chi connectivity index (χ2n) is 7.23. The second kappa shape index (κ2) is 7.64. The molecule has 27 heavy (non-hydrogen) atoms. The van der Waals surface area contributed by atoms with Gasteiger partial charge in [0.25, 0.3) is 5.56 Å². The largest absolute Gasteiger partial charge is 0.337 e. The summed E-state index contributed by atoms with van der Waals surface area (Å²) < 4.78 is 1.51. The number of aromatic nitrogens is 2. The van der Waals surface area contributed by atoms with Gasteiger partial charge in [-0.15, -0.1) is 11.3 Å². The van der Waals surface area contributed by atoms with Crippen molar-refractivity contribution < 1.29 is 4.79 Å². The van der Waals surface area contributed by atoms with Crippen molar-refractivity contribution in [2.45, 2.75) is 68.8 Å². The smallest absolute Gasteiger partial charge is 0.262 e. The Morgan fingerprint density at radius 2 is 2.04 bits per heavy atom. The van der Waals surface area contributed by atoms with Gasteiger partial charge in [0.15, 0.2) is 5.16 Å². The Labute approximate surface area is 167 Å². The van der Waals surface area contributed by atoms with E-state index in [0.29, 0.717) is 28.2 Å². The third kappa shape index (κ3) is 3.76. The van der Waals surface area contributed by atoms with Crippen molar-refractivity contribution in [1.29, 1.82) is 5.26 Å². The number of nitrogens with one attached hydrogen (secondary N) is 1. The predicted octanol–water partition coefficient (Wildman–Crippen LogP) is 3.44. The number of thiophene rings is 1. The number of amides is 1. The molecule has 1 atom stereocenters. The molecule has 0 bridgehead atoms. The van der Waals surface area contributed by atoms with Crippen LogP contribution < -0.4 is 10.9 Å². The highest BCUT2D eigenvalue weighted by atomic mass is 32.2. The van der Waals surface area contributed by atoms with Crippen molar-refractivity contribution >= 4 is 39.2 Å². The number of nitriles is 1. The van der Waals surface area contributed by atoms with Crippen molar-refractivity contribution in [3.05, 3.63) is 20.8 Å². The van der Waals surface area contributed by atoms with Crippen LogP contribution in [0.15, 0.2) is 9.95 Å². The number of hydrogen-bond acceptors (Lipinski definition) is 6. The molecule has 6 nitrogen and oxygen atoms in total. The van der Waals surface area contributed by atoms with E-state index in [1.807, 2.05) is 13.8 Å². The molecule has 1 saturated carbocycles. The maximum Gasteiger partial charge on any atom is 0.262 e. The van der Waals surface area contributed by atoms with E-state index in [2.05, 4.69) is 16.4 Å². The van der Waals surface area contributed by atoms with Crippen LogP contribution in [0.1, 0.15) is 49.5 Å². The fourth-order valence-corrected chi connectivity index (χ4v) is 5.38. The molecule has 0 spiro atoms. The third-order valence-electron chi connectivity index (χ3n) is 5.30. The van der Waals surface area contributed by atoms with E-state index in [9.17, 15) is 14.9 Å². The maximum absolute atomic E-state index is 12.7. The van der Waals surface area contributed by atoms with Crippen molar-refractivity contribution in [3.8, 4) is 6.07 Å². The van der Waals surface area contributed by atoms with E-state index in [1.165, 1.54) is 27.7 Å². The fraction of sp³-hybridized carbons (Fsp3) is 0.579. The number of thioether (sulfide) groups is 1. The Balaban J connectivity index is 1.82. The van der Waals surface area contributed by atoms with Crippen LogP contribution in [0.25, 0.3) is 10.2 Å². The van der Waals surface area contributed by atoms with Gasteiger partial charge in [0.2, 0.25) is 5.91 Å². The molecular formula is C19H24N4O2S2. The summed E-state index contributed by atoms with van der Waals surface area (Å²) in [6, 6.07) is 2.31. The molecule has 1 aliphatic carbocycles. The third-order valence-corrected chi connectivity index (χ3v) is 7.55. The number of aryl methyl sites for hydroxylation is 2. The molecule has 0 aromatic carbocycles. The summed E-state index contributed by atoms with van der Waals surface area (Å²) in [4.78, 5) is 31.8. The van der Waals surface area contributed by atoms with E-state index >= 15 is 0 Å². The molecule has 0 radical (unpaired) electrons. The molecular weight excluding hydrogens is 380 g/mol. The zero-order chi connectivity index (χ0) is 19.8. The fourth-order valence-electron chi connectivity index (χ4n) is 3.43. The van der Waals surface area contributed by atoms with Crippen LogP contribution >= 0.6 is 23.1 Å². The van der Waals surface area contributed by atoms with Crippen LogP contribution in [0.3, 0.4) is 0 Å². The average Bonchev–Trinajstić information content (AvgIpc) is 2.94. The topological polar surface area (TPSA) is 87.8 Å². The molecule has 2 aromatic rings. The predicted molar refractivity (Wildman–Crippen MR) is 109 cm³/mol. The van der Waals surface area contributed by atoms with Crippen molar-refractivity contribution in [1.82, 2.24) is 14.9 Å². The molecule has 0 saturated heterocycles. The van der Waals surface area contributed by atoms with E-state index in [0.717, 1.165) is 29.7 Å². The van der Waals surface area contributed by atoms with Crippen molar-refractivity contribution in [2.24, 2.45) is 7.05 Å². The van der Waals surface area contributed by atoms with Gasteiger partial charge in [-0.2, -0.15) is 5.26 Å². The lowest BCUT2D eigenvalue weighted by molar-refractivity contribution is -0.121. The molecule has 8 heteroatoms. The van der Waals surface area contributed by atoms with E-state index in [-0.39, 0.29) is 11.5 Å². The lowest BCUT2D eigenvalue weighted by Gasteiger charge is -2.32. The first-order chi connectivity index (χ1) is 12.8. The van der Waals surface area contributed by atoms with Crippen molar-refractivity contribution in [3.63, 3.8) is 0 Å². The number of hydrogen-bond donors (Lipinski definition) is 1. The maximum atomic E-state index is 12.7. The van der Waals surface area contributed by atoms with Crippen LogP contribution in [-0.4, -0.2) is 26.2 Å². The number of rotatable bonds is 4. The van der Waals surface area contributed by atoms with Gasteiger partial charge in [0.1, 0.15) is 10.4 Å². The summed E-state index contributed by atoms with van der Waals surface area (Å²) in [6.45, 7) is 5.70.